The molecule has 118 valence electrons. The molecule has 2 nitrogen and oxygen atoms in total. The Kier molecular flexibility index (Phi) is 3.93. The van der Waals surface area contributed by atoms with E-state index in [0.29, 0.717) is 12.8 Å². The molecule has 0 radical (unpaired) electrons. The fraction of sp³-hybridized carbons (Fsp3) is 0.333. The largest absolute Gasteiger partial charge is 0.303 e. The van der Waals surface area contributed by atoms with Crippen molar-refractivity contribution in [2.45, 2.75) is 40.0 Å². The van der Waals surface area contributed by atoms with Crippen molar-refractivity contribution in [1.82, 2.24) is 0 Å². The average molecular weight is 306 g/mol. The minimum Gasteiger partial charge on any atom is -0.303 e. The van der Waals surface area contributed by atoms with E-state index in [1.54, 1.807) is 0 Å². The highest BCUT2D eigenvalue weighted by molar-refractivity contribution is 6.25. The van der Waals surface area contributed by atoms with Gasteiger partial charge in [-0.1, -0.05) is 50.3 Å². The Bertz CT molecular complexity index is 825. The topological polar surface area (TPSA) is 34.1 Å². The fourth-order valence-electron chi connectivity index (χ4n) is 3.51. The Hall–Kier alpha value is -2.22. The maximum Gasteiger partial charge on any atom is 0.163 e. The van der Waals surface area contributed by atoms with Gasteiger partial charge in [0.25, 0.3) is 0 Å². The molecule has 0 atom stereocenters. The number of aldehydes is 1. The SMILES string of the molecule is Cc1cc2ccccc2c(C2=CC(C)(C)CCC2=O)c1CC=O. The third-order valence-corrected chi connectivity index (χ3v) is 4.77. The Morgan fingerprint density at radius 2 is 1.96 bits per heavy atom. The van der Waals surface area contributed by atoms with Crippen molar-refractivity contribution in [3.63, 3.8) is 0 Å². The van der Waals surface area contributed by atoms with Crippen molar-refractivity contribution >= 4 is 28.4 Å². The lowest BCUT2D eigenvalue weighted by atomic mass is 9.75. The number of allylic oxidation sites excluding steroid dienone is 2. The highest BCUT2D eigenvalue weighted by atomic mass is 16.1. The van der Waals surface area contributed by atoms with Crippen LogP contribution in [-0.4, -0.2) is 12.1 Å². The van der Waals surface area contributed by atoms with Crippen LogP contribution in [0.5, 0.6) is 0 Å². The number of benzene rings is 2. The second kappa shape index (κ2) is 5.77. The predicted octanol–water partition coefficient (Wildman–Crippen LogP) is 4.66. The minimum absolute atomic E-state index is 0.00649. The molecule has 0 saturated heterocycles. The van der Waals surface area contributed by atoms with Gasteiger partial charge in [-0.3, -0.25) is 4.79 Å². The van der Waals surface area contributed by atoms with E-state index in [0.717, 1.165) is 45.7 Å². The fourth-order valence-corrected chi connectivity index (χ4v) is 3.51. The summed E-state index contributed by atoms with van der Waals surface area (Å²) in [7, 11) is 0. The molecule has 0 bridgehead atoms. The molecule has 3 rings (SSSR count). The van der Waals surface area contributed by atoms with Gasteiger partial charge >= 0.3 is 0 Å². The van der Waals surface area contributed by atoms with Gasteiger partial charge in [-0.05, 0) is 46.2 Å². The Morgan fingerprint density at radius 3 is 2.70 bits per heavy atom. The number of carbonyl (C=O) groups is 2. The van der Waals surface area contributed by atoms with Crippen LogP contribution in [0.25, 0.3) is 16.3 Å². The maximum absolute atomic E-state index is 12.6. The van der Waals surface area contributed by atoms with Gasteiger partial charge in [-0.25, -0.2) is 0 Å². The van der Waals surface area contributed by atoms with Crippen molar-refractivity contribution in [2.75, 3.05) is 0 Å². The normalized spacial score (nSPS) is 17.2. The van der Waals surface area contributed by atoms with Crippen molar-refractivity contribution in [1.29, 1.82) is 0 Å². The van der Waals surface area contributed by atoms with E-state index in [1.807, 2.05) is 25.1 Å². The van der Waals surface area contributed by atoms with Gasteiger partial charge in [0.05, 0.1) is 0 Å². The molecule has 0 aromatic heterocycles. The quantitative estimate of drug-likeness (QED) is 0.773. The summed E-state index contributed by atoms with van der Waals surface area (Å²) in [6, 6.07) is 10.2. The zero-order valence-electron chi connectivity index (χ0n) is 14.0. The Labute approximate surface area is 137 Å². The second-order valence-corrected chi connectivity index (χ2v) is 7.11. The third-order valence-electron chi connectivity index (χ3n) is 4.77. The first-order chi connectivity index (χ1) is 10.9. The van der Waals surface area contributed by atoms with Crippen LogP contribution in [0.15, 0.2) is 36.4 Å². The van der Waals surface area contributed by atoms with Crippen molar-refractivity contribution < 1.29 is 9.59 Å². The molecule has 1 aliphatic carbocycles. The standard InChI is InChI=1S/C21H22O2/c1-14-12-15-6-4-5-7-17(15)20(16(14)9-11-22)18-13-21(2,3)10-8-19(18)23/h4-7,11-13H,8-10H2,1-3H3. The molecule has 0 aliphatic heterocycles. The molecule has 0 fully saturated rings. The number of fused-ring (bicyclic) bond motifs is 1. The van der Waals surface area contributed by atoms with Crippen LogP contribution < -0.4 is 0 Å². The molecule has 0 heterocycles. The maximum atomic E-state index is 12.6. The minimum atomic E-state index is 0.00649. The summed E-state index contributed by atoms with van der Waals surface area (Å²) in [4.78, 5) is 23.8. The highest BCUT2D eigenvalue weighted by Gasteiger charge is 2.29. The summed E-state index contributed by atoms with van der Waals surface area (Å²) in [6.45, 7) is 6.35. The van der Waals surface area contributed by atoms with Crippen LogP contribution in [0.3, 0.4) is 0 Å². The van der Waals surface area contributed by atoms with Crippen molar-refractivity contribution in [3.8, 4) is 0 Å². The van der Waals surface area contributed by atoms with Gasteiger partial charge in [0.2, 0.25) is 0 Å². The van der Waals surface area contributed by atoms with E-state index in [-0.39, 0.29) is 11.2 Å². The van der Waals surface area contributed by atoms with Gasteiger partial charge in [0.1, 0.15) is 6.29 Å². The zero-order valence-corrected chi connectivity index (χ0v) is 14.0. The summed E-state index contributed by atoms with van der Waals surface area (Å²) in [5, 5.41) is 2.18. The summed E-state index contributed by atoms with van der Waals surface area (Å²) in [5.41, 5.74) is 3.81. The molecule has 0 unspecified atom stereocenters. The van der Waals surface area contributed by atoms with E-state index in [2.05, 4.69) is 32.1 Å². The molecule has 1 aliphatic rings. The number of rotatable bonds is 3. The van der Waals surface area contributed by atoms with E-state index in [1.165, 1.54) is 0 Å². The first kappa shape index (κ1) is 15.7. The summed E-state index contributed by atoms with van der Waals surface area (Å²) < 4.78 is 0. The average Bonchev–Trinajstić information content (AvgIpc) is 2.51. The second-order valence-electron chi connectivity index (χ2n) is 7.11. The zero-order chi connectivity index (χ0) is 16.6. The van der Waals surface area contributed by atoms with Crippen molar-refractivity contribution in [3.05, 3.63) is 53.1 Å². The van der Waals surface area contributed by atoms with Gasteiger partial charge in [-0.15, -0.1) is 0 Å². The van der Waals surface area contributed by atoms with Crippen LogP contribution in [0.2, 0.25) is 0 Å². The highest BCUT2D eigenvalue weighted by Crippen LogP contribution is 2.40. The van der Waals surface area contributed by atoms with Gasteiger partial charge < -0.3 is 4.79 Å². The van der Waals surface area contributed by atoms with Crippen LogP contribution in [0.1, 0.15) is 43.4 Å². The molecule has 0 spiro atoms. The van der Waals surface area contributed by atoms with E-state index in [4.69, 9.17) is 0 Å². The lowest BCUT2D eigenvalue weighted by molar-refractivity contribution is -0.114. The van der Waals surface area contributed by atoms with Gasteiger partial charge in [0, 0.05) is 18.4 Å². The van der Waals surface area contributed by atoms with E-state index >= 15 is 0 Å². The lowest BCUT2D eigenvalue weighted by Gasteiger charge is -2.28. The van der Waals surface area contributed by atoms with Crippen LogP contribution in [0, 0.1) is 12.3 Å². The predicted molar refractivity (Wildman–Crippen MR) is 94.5 cm³/mol. The molecule has 2 heteroatoms. The first-order valence-electron chi connectivity index (χ1n) is 8.14. The molecule has 23 heavy (non-hydrogen) atoms. The number of carbonyl (C=O) groups excluding carboxylic acids is 2. The monoisotopic (exact) mass is 306 g/mol. The van der Waals surface area contributed by atoms with Crippen molar-refractivity contribution in [2.24, 2.45) is 5.41 Å². The summed E-state index contributed by atoms with van der Waals surface area (Å²) in [5.74, 6) is 0.187. The molecule has 0 N–H and O–H groups in total. The molecular weight excluding hydrogens is 284 g/mol. The molecule has 0 amide bonds. The first-order valence-corrected chi connectivity index (χ1v) is 8.14. The van der Waals surface area contributed by atoms with Gasteiger partial charge in [0.15, 0.2) is 5.78 Å². The van der Waals surface area contributed by atoms with Gasteiger partial charge in [-0.2, -0.15) is 0 Å². The number of hydrogen-bond donors (Lipinski definition) is 0. The van der Waals surface area contributed by atoms with E-state index < -0.39 is 0 Å². The number of aryl methyl sites for hydroxylation is 1. The number of ketones is 1. The Morgan fingerprint density at radius 1 is 1.22 bits per heavy atom. The summed E-state index contributed by atoms with van der Waals surface area (Å²) in [6.07, 6.45) is 4.83. The molecular formula is C21H22O2. The number of hydrogen-bond acceptors (Lipinski definition) is 2. The van der Waals surface area contributed by atoms with Crippen LogP contribution >= 0.6 is 0 Å². The third kappa shape index (κ3) is 2.86. The molecule has 0 saturated carbocycles. The van der Waals surface area contributed by atoms with E-state index in [9.17, 15) is 9.59 Å². The number of Topliss-reactive ketones (excluding diaryl/α,β-unsaturated/α-hetero) is 1. The smallest absolute Gasteiger partial charge is 0.163 e. The lowest BCUT2D eigenvalue weighted by Crippen LogP contribution is -2.20. The Balaban J connectivity index is 2.38. The molecule has 2 aromatic rings. The molecule has 2 aromatic carbocycles. The van der Waals surface area contributed by atoms with Crippen LogP contribution in [0.4, 0.5) is 0 Å². The van der Waals surface area contributed by atoms with Crippen LogP contribution in [-0.2, 0) is 16.0 Å². The summed E-state index contributed by atoms with van der Waals surface area (Å²) >= 11 is 0.